The van der Waals surface area contributed by atoms with Gasteiger partial charge in [-0.25, -0.2) is 0 Å². The van der Waals surface area contributed by atoms with E-state index in [9.17, 15) is 4.79 Å². The second-order valence-electron chi connectivity index (χ2n) is 5.66. The zero-order valence-electron chi connectivity index (χ0n) is 15.9. The van der Waals surface area contributed by atoms with Crippen LogP contribution in [0.2, 0.25) is 0 Å². The lowest BCUT2D eigenvalue weighted by Crippen LogP contribution is -2.41. The van der Waals surface area contributed by atoms with Gasteiger partial charge in [-0.2, -0.15) is 0 Å². The molecule has 27 heavy (non-hydrogen) atoms. The van der Waals surface area contributed by atoms with Crippen LogP contribution in [-0.4, -0.2) is 46.2 Å². The summed E-state index contributed by atoms with van der Waals surface area (Å²) in [5.41, 5.74) is 1.68. The fourth-order valence-electron chi connectivity index (χ4n) is 2.45. The number of nitrogens with one attached hydrogen (secondary N) is 3. The molecule has 0 saturated carbocycles. The van der Waals surface area contributed by atoms with Crippen LogP contribution in [0.25, 0.3) is 0 Å². The number of carbonyl (C=O) groups excluding carboxylic acids is 1. The maximum Gasteiger partial charge on any atom is 0.251 e. The first-order valence-electron chi connectivity index (χ1n) is 8.66. The molecule has 7 nitrogen and oxygen atoms in total. The Kier molecular flexibility index (Phi) is 7.96. The number of benzene rings is 2. The Hall–Kier alpha value is -3.22. The van der Waals surface area contributed by atoms with Crippen molar-refractivity contribution in [2.24, 2.45) is 4.99 Å². The molecular formula is C20H26N4O3. The SMILES string of the molecule is CN=C(NCCNC(=O)c1ccccc1)NCc1ccc(OC)c(OC)c1. The van der Waals surface area contributed by atoms with Crippen LogP contribution < -0.4 is 25.4 Å². The van der Waals surface area contributed by atoms with Crippen molar-refractivity contribution < 1.29 is 14.3 Å². The Morgan fingerprint density at radius 3 is 2.30 bits per heavy atom. The van der Waals surface area contributed by atoms with Gasteiger partial charge in [0.2, 0.25) is 0 Å². The van der Waals surface area contributed by atoms with Gasteiger partial charge < -0.3 is 25.4 Å². The van der Waals surface area contributed by atoms with Crippen molar-refractivity contribution in [2.45, 2.75) is 6.54 Å². The molecule has 0 saturated heterocycles. The number of amides is 1. The molecule has 0 bridgehead atoms. The van der Waals surface area contributed by atoms with E-state index in [2.05, 4.69) is 20.9 Å². The van der Waals surface area contributed by atoms with E-state index in [-0.39, 0.29) is 5.91 Å². The van der Waals surface area contributed by atoms with Crippen molar-refractivity contribution in [3.8, 4) is 11.5 Å². The van der Waals surface area contributed by atoms with E-state index in [4.69, 9.17) is 9.47 Å². The maximum absolute atomic E-state index is 12.0. The van der Waals surface area contributed by atoms with Gasteiger partial charge in [0.1, 0.15) is 0 Å². The highest BCUT2D eigenvalue weighted by atomic mass is 16.5. The minimum atomic E-state index is -0.0920. The Morgan fingerprint density at radius 1 is 0.926 bits per heavy atom. The zero-order chi connectivity index (χ0) is 19.5. The number of hydrogen-bond acceptors (Lipinski definition) is 4. The molecule has 0 heterocycles. The maximum atomic E-state index is 12.0. The predicted octanol–water partition coefficient (Wildman–Crippen LogP) is 1.80. The largest absolute Gasteiger partial charge is 0.493 e. The summed E-state index contributed by atoms with van der Waals surface area (Å²) in [5, 5.41) is 9.26. The average Bonchev–Trinajstić information content (AvgIpc) is 2.73. The van der Waals surface area contributed by atoms with Gasteiger partial charge >= 0.3 is 0 Å². The molecule has 0 spiro atoms. The standard InChI is InChI=1S/C20H26N4O3/c1-21-20(23-12-11-22-19(25)16-7-5-4-6-8-16)24-14-15-9-10-17(26-2)18(13-15)27-3/h4-10,13H,11-12,14H2,1-3H3,(H,22,25)(H2,21,23,24). The molecule has 0 radical (unpaired) electrons. The third-order valence-electron chi connectivity index (χ3n) is 3.87. The Labute approximate surface area is 159 Å². The van der Waals surface area contributed by atoms with Crippen molar-refractivity contribution in [3.05, 3.63) is 59.7 Å². The van der Waals surface area contributed by atoms with Gasteiger partial charge in [0.05, 0.1) is 14.2 Å². The van der Waals surface area contributed by atoms with Crippen LogP contribution in [0, 0.1) is 0 Å². The lowest BCUT2D eigenvalue weighted by molar-refractivity contribution is 0.0954. The molecule has 7 heteroatoms. The van der Waals surface area contributed by atoms with Crippen LogP contribution in [0.15, 0.2) is 53.5 Å². The third kappa shape index (κ3) is 6.22. The molecule has 0 aromatic heterocycles. The fraction of sp³-hybridized carbons (Fsp3) is 0.300. The van der Waals surface area contributed by atoms with Crippen LogP contribution in [0.5, 0.6) is 11.5 Å². The molecule has 2 aromatic rings. The van der Waals surface area contributed by atoms with Crippen molar-refractivity contribution in [1.82, 2.24) is 16.0 Å². The second kappa shape index (κ2) is 10.7. The van der Waals surface area contributed by atoms with E-state index in [1.165, 1.54) is 0 Å². The van der Waals surface area contributed by atoms with Gasteiger partial charge in [0.15, 0.2) is 17.5 Å². The summed E-state index contributed by atoms with van der Waals surface area (Å²) < 4.78 is 10.5. The van der Waals surface area contributed by atoms with E-state index in [0.29, 0.717) is 42.7 Å². The molecule has 0 aliphatic rings. The highest BCUT2D eigenvalue weighted by Crippen LogP contribution is 2.27. The van der Waals surface area contributed by atoms with Gasteiger partial charge in [-0.15, -0.1) is 0 Å². The van der Waals surface area contributed by atoms with Gasteiger partial charge in [-0.3, -0.25) is 9.79 Å². The molecule has 0 atom stereocenters. The summed E-state index contributed by atoms with van der Waals surface area (Å²) in [4.78, 5) is 16.2. The summed E-state index contributed by atoms with van der Waals surface area (Å²) in [5.74, 6) is 1.94. The molecular weight excluding hydrogens is 344 g/mol. The predicted molar refractivity (Wildman–Crippen MR) is 107 cm³/mol. The minimum Gasteiger partial charge on any atom is -0.493 e. The molecule has 0 fully saturated rings. The van der Waals surface area contributed by atoms with E-state index < -0.39 is 0 Å². The number of carbonyl (C=O) groups is 1. The molecule has 0 aliphatic heterocycles. The van der Waals surface area contributed by atoms with Gasteiger partial charge in [-0.05, 0) is 29.8 Å². The van der Waals surface area contributed by atoms with Gasteiger partial charge in [-0.1, -0.05) is 24.3 Å². The van der Waals surface area contributed by atoms with Crippen LogP contribution in [-0.2, 0) is 6.54 Å². The Bertz CT molecular complexity index is 763. The normalized spacial score (nSPS) is 10.9. The number of hydrogen-bond donors (Lipinski definition) is 3. The first-order valence-corrected chi connectivity index (χ1v) is 8.66. The van der Waals surface area contributed by atoms with Gasteiger partial charge in [0.25, 0.3) is 5.91 Å². The monoisotopic (exact) mass is 370 g/mol. The fourth-order valence-corrected chi connectivity index (χ4v) is 2.45. The molecule has 3 N–H and O–H groups in total. The first kappa shape index (κ1) is 20.1. The quantitative estimate of drug-likeness (QED) is 0.375. The van der Waals surface area contributed by atoms with E-state index >= 15 is 0 Å². The molecule has 2 rings (SSSR count). The zero-order valence-corrected chi connectivity index (χ0v) is 15.9. The van der Waals surface area contributed by atoms with Crippen molar-refractivity contribution in [3.63, 3.8) is 0 Å². The molecule has 144 valence electrons. The van der Waals surface area contributed by atoms with Crippen LogP contribution >= 0.6 is 0 Å². The molecule has 2 aromatic carbocycles. The number of aliphatic imine (C=N–C) groups is 1. The number of guanidine groups is 1. The van der Waals surface area contributed by atoms with E-state index in [0.717, 1.165) is 5.56 Å². The lowest BCUT2D eigenvalue weighted by atomic mass is 10.2. The average molecular weight is 370 g/mol. The molecule has 1 amide bonds. The molecule has 0 unspecified atom stereocenters. The number of nitrogens with zero attached hydrogens (tertiary/aromatic N) is 1. The second-order valence-corrected chi connectivity index (χ2v) is 5.66. The summed E-state index contributed by atoms with van der Waals surface area (Å²) >= 11 is 0. The van der Waals surface area contributed by atoms with E-state index in [1.54, 1.807) is 33.4 Å². The van der Waals surface area contributed by atoms with Crippen LogP contribution in [0.1, 0.15) is 15.9 Å². The topological polar surface area (TPSA) is 84.0 Å². The third-order valence-corrected chi connectivity index (χ3v) is 3.87. The number of methoxy groups -OCH3 is 2. The summed E-state index contributed by atoms with van der Waals surface area (Å²) in [6.45, 7) is 1.63. The van der Waals surface area contributed by atoms with Gasteiger partial charge in [0, 0.05) is 32.2 Å². The first-order chi connectivity index (χ1) is 13.2. The van der Waals surface area contributed by atoms with E-state index in [1.807, 2.05) is 36.4 Å². The summed E-state index contributed by atoms with van der Waals surface area (Å²) in [6, 6.07) is 14.9. The van der Waals surface area contributed by atoms with Crippen molar-refractivity contribution >= 4 is 11.9 Å². The number of ether oxygens (including phenoxy) is 2. The number of rotatable bonds is 8. The highest BCUT2D eigenvalue weighted by molar-refractivity contribution is 5.94. The van der Waals surface area contributed by atoms with Crippen LogP contribution in [0.3, 0.4) is 0 Å². The minimum absolute atomic E-state index is 0.0920. The van der Waals surface area contributed by atoms with Crippen molar-refractivity contribution in [2.75, 3.05) is 34.4 Å². The van der Waals surface area contributed by atoms with Crippen molar-refractivity contribution in [1.29, 1.82) is 0 Å². The Morgan fingerprint density at radius 2 is 1.63 bits per heavy atom. The molecule has 0 aliphatic carbocycles. The lowest BCUT2D eigenvalue weighted by Gasteiger charge is -2.14. The van der Waals surface area contributed by atoms with Crippen LogP contribution in [0.4, 0.5) is 0 Å². The summed E-state index contributed by atoms with van der Waals surface area (Å²) in [6.07, 6.45) is 0. The Balaban J connectivity index is 1.75. The summed E-state index contributed by atoms with van der Waals surface area (Å²) in [7, 11) is 4.92. The smallest absolute Gasteiger partial charge is 0.251 e. The highest BCUT2D eigenvalue weighted by Gasteiger charge is 2.06.